The molecule has 1 atom stereocenters. The predicted molar refractivity (Wildman–Crippen MR) is 74.6 cm³/mol. The Morgan fingerprint density at radius 1 is 1.05 bits per heavy atom. The summed E-state index contributed by atoms with van der Waals surface area (Å²) < 4.78 is 26.7. The van der Waals surface area contributed by atoms with Gasteiger partial charge in [0.15, 0.2) is 11.6 Å². The average molecular weight is 281 g/mol. The van der Waals surface area contributed by atoms with E-state index in [1.54, 1.807) is 6.07 Å². The van der Waals surface area contributed by atoms with E-state index in [-0.39, 0.29) is 11.8 Å². The fourth-order valence-corrected chi connectivity index (χ4v) is 2.28. The van der Waals surface area contributed by atoms with E-state index in [0.717, 1.165) is 17.2 Å². The van der Waals surface area contributed by atoms with Gasteiger partial charge in [-0.2, -0.15) is 0 Å². The highest BCUT2D eigenvalue weighted by Crippen LogP contribution is 2.28. The Balaban J connectivity index is 2.23. The van der Waals surface area contributed by atoms with Crippen LogP contribution in [0.1, 0.15) is 27.6 Å². The topological polar surface area (TPSA) is 0 Å². The van der Waals surface area contributed by atoms with Crippen molar-refractivity contribution >= 4 is 11.6 Å². The Morgan fingerprint density at radius 2 is 1.79 bits per heavy atom. The lowest BCUT2D eigenvalue weighted by Gasteiger charge is -2.12. The summed E-state index contributed by atoms with van der Waals surface area (Å²) in [7, 11) is 0. The van der Waals surface area contributed by atoms with E-state index >= 15 is 0 Å². The highest BCUT2D eigenvalue weighted by Gasteiger charge is 2.14. The van der Waals surface area contributed by atoms with Crippen LogP contribution in [0.25, 0.3) is 0 Å². The summed E-state index contributed by atoms with van der Waals surface area (Å²) in [5.74, 6) is -1.64. The molecule has 0 bridgehead atoms. The van der Waals surface area contributed by atoms with Gasteiger partial charge in [0.2, 0.25) is 0 Å². The Hall–Kier alpha value is -1.41. The molecule has 19 heavy (non-hydrogen) atoms. The molecule has 2 rings (SSSR count). The first kappa shape index (κ1) is 14.0. The monoisotopic (exact) mass is 280 g/mol. The zero-order valence-corrected chi connectivity index (χ0v) is 11.6. The minimum Gasteiger partial charge on any atom is -0.204 e. The first-order chi connectivity index (χ1) is 8.99. The summed E-state index contributed by atoms with van der Waals surface area (Å²) in [5, 5.41) is -0.365. The second-order valence-electron chi connectivity index (χ2n) is 4.73. The maximum Gasteiger partial charge on any atom is 0.162 e. The van der Waals surface area contributed by atoms with Gasteiger partial charge in [-0.15, -0.1) is 11.6 Å². The van der Waals surface area contributed by atoms with Crippen molar-refractivity contribution in [1.82, 2.24) is 0 Å². The van der Waals surface area contributed by atoms with Gasteiger partial charge in [0, 0.05) is 0 Å². The van der Waals surface area contributed by atoms with Crippen LogP contribution in [0.5, 0.6) is 0 Å². The molecule has 0 aliphatic rings. The van der Waals surface area contributed by atoms with Crippen LogP contribution in [0.4, 0.5) is 8.78 Å². The molecule has 0 nitrogen and oxygen atoms in total. The minimum absolute atomic E-state index is 0.271. The van der Waals surface area contributed by atoms with Crippen molar-refractivity contribution in [1.29, 1.82) is 0 Å². The molecular weight excluding hydrogens is 266 g/mol. The van der Waals surface area contributed by atoms with E-state index in [1.807, 2.05) is 32.0 Å². The van der Waals surface area contributed by atoms with Gasteiger partial charge in [-0.3, -0.25) is 0 Å². The van der Waals surface area contributed by atoms with E-state index in [4.69, 9.17) is 11.6 Å². The highest BCUT2D eigenvalue weighted by atomic mass is 35.5. The number of hydrogen-bond acceptors (Lipinski definition) is 0. The number of aryl methyl sites for hydroxylation is 2. The molecule has 0 N–H and O–H groups in total. The highest BCUT2D eigenvalue weighted by molar-refractivity contribution is 6.20. The Morgan fingerprint density at radius 3 is 2.47 bits per heavy atom. The van der Waals surface area contributed by atoms with Crippen molar-refractivity contribution in [2.45, 2.75) is 25.6 Å². The van der Waals surface area contributed by atoms with Gasteiger partial charge in [-0.25, -0.2) is 8.78 Å². The molecule has 0 heterocycles. The van der Waals surface area contributed by atoms with Gasteiger partial charge in [-0.05, 0) is 48.6 Å². The quantitative estimate of drug-likeness (QED) is 0.686. The molecule has 0 fully saturated rings. The summed E-state index contributed by atoms with van der Waals surface area (Å²) in [5.41, 5.74) is 3.55. The second-order valence-corrected chi connectivity index (χ2v) is 5.26. The first-order valence-corrected chi connectivity index (χ1v) is 6.57. The predicted octanol–water partition coefficient (Wildman–Crippen LogP) is 5.10. The summed E-state index contributed by atoms with van der Waals surface area (Å²) in [4.78, 5) is 0. The zero-order valence-electron chi connectivity index (χ0n) is 10.9. The van der Waals surface area contributed by atoms with Crippen molar-refractivity contribution in [3.8, 4) is 0 Å². The van der Waals surface area contributed by atoms with Gasteiger partial charge < -0.3 is 0 Å². The fourth-order valence-electron chi connectivity index (χ4n) is 1.98. The Labute approximate surface area is 117 Å². The van der Waals surface area contributed by atoms with Gasteiger partial charge in [-0.1, -0.05) is 30.3 Å². The van der Waals surface area contributed by atoms with Crippen LogP contribution < -0.4 is 0 Å². The third-order valence-corrected chi connectivity index (χ3v) is 3.73. The second kappa shape index (κ2) is 5.70. The van der Waals surface area contributed by atoms with Crippen molar-refractivity contribution < 1.29 is 8.78 Å². The van der Waals surface area contributed by atoms with Crippen molar-refractivity contribution in [3.05, 3.63) is 70.3 Å². The van der Waals surface area contributed by atoms with Gasteiger partial charge >= 0.3 is 0 Å². The van der Waals surface area contributed by atoms with Gasteiger partial charge in [0.25, 0.3) is 0 Å². The molecule has 0 amide bonds. The first-order valence-electron chi connectivity index (χ1n) is 6.13. The molecule has 2 aromatic rings. The minimum atomic E-state index is -0.832. The fraction of sp³-hybridized carbons (Fsp3) is 0.250. The Bertz CT molecular complexity index is 593. The van der Waals surface area contributed by atoms with E-state index in [9.17, 15) is 8.78 Å². The molecule has 0 aromatic heterocycles. The summed E-state index contributed by atoms with van der Waals surface area (Å²) in [6.45, 7) is 4.03. The van der Waals surface area contributed by atoms with Crippen LogP contribution in [0.15, 0.2) is 36.4 Å². The van der Waals surface area contributed by atoms with Crippen LogP contribution in [0.2, 0.25) is 0 Å². The lowest BCUT2D eigenvalue weighted by molar-refractivity contribution is 0.498. The van der Waals surface area contributed by atoms with Crippen LogP contribution in [-0.2, 0) is 6.42 Å². The van der Waals surface area contributed by atoms with Gasteiger partial charge in [0.05, 0.1) is 5.38 Å². The lowest BCUT2D eigenvalue weighted by Crippen LogP contribution is -2.01. The number of hydrogen-bond donors (Lipinski definition) is 0. The molecule has 1 unspecified atom stereocenters. The number of alkyl halides is 1. The Kier molecular flexibility index (Phi) is 4.20. The summed E-state index contributed by atoms with van der Waals surface area (Å²) in [6.07, 6.45) is 0.271. The van der Waals surface area contributed by atoms with E-state index in [1.165, 1.54) is 11.6 Å². The summed E-state index contributed by atoms with van der Waals surface area (Å²) >= 11 is 6.30. The van der Waals surface area contributed by atoms with Crippen molar-refractivity contribution in [2.75, 3.05) is 0 Å². The number of halogens is 3. The van der Waals surface area contributed by atoms with Crippen LogP contribution in [-0.4, -0.2) is 0 Å². The molecule has 0 spiro atoms. The van der Waals surface area contributed by atoms with E-state index in [2.05, 4.69) is 0 Å². The molecule has 0 saturated heterocycles. The van der Waals surface area contributed by atoms with Crippen molar-refractivity contribution in [3.63, 3.8) is 0 Å². The molecule has 0 radical (unpaired) electrons. The van der Waals surface area contributed by atoms with Crippen LogP contribution >= 0.6 is 11.6 Å². The SMILES string of the molecule is Cc1ccc(C(Cl)Cc2cccc(F)c2F)cc1C. The van der Waals surface area contributed by atoms with Crippen LogP contribution in [0, 0.1) is 25.5 Å². The molecule has 0 aliphatic carbocycles. The maximum absolute atomic E-state index is 13.6. The van der Waals surface area contributed by atoms with Gasteiger partial charge in [0.1, 0.15) is 0 Å². The third kappa shape index (κ3) is 3.13. The number of benzene rings is 2. The maximum atomic E-state index is 13.6. The normalized spacial score (nSPS) is 12.5. The van der Waals surface area contributed by atoms with E-state index < -0.39 is 11.6 Å². The average Bonchev–Trinajstić information content (AvgIpc) is 2.38. The molecule has 3 heteroatoms. The van der Waals surface area contributed by atoms with Crippen LogP contribution in [0.3, 0.4) is 0 Å². The molecule has 0 saturated carbocycles. The third-order valence-electron chi connectivity index (χ3n) is 3.32. The largest absolute Gasteiger partial charge is 0.204 e. The summed E-state index contributed by atoms with van der Waals surface area (Å²) in [6, 6.07) is 10.1. The molecule has 2 aromatic carbocycles. The molecule has 100 valence electrons. The van der Waals surface area contributed by atoms with Crippen molar-refractivity contribution in [2.24, 2.45) is 0 Å². The lowest BCUT2D eigenvalue weighted by atomic mass is 10.00. The molecular formula is C16H15ClF2. The van der Waals surface area contributed by atoms with E-state index in [0.29, 0.717) is 5.56 Å². The standard InChI is InChI=1S/C16H15ClF2/c1-10-6-7-12(8-11(10)2)14(17)9-13-4-3-5-15(18)16(13)19/h3-8,14H,9H2,1-2H3. The molecule has 0 aliphatic heterocycles. The zero-order chi connectivity index (χ0) is 14.0. The smallest absolute Gasteiger partial charge is 0.162 e. The number of rotatable bonds is 3.